The molecule has 2 rings (SSSR count). The number of aromatic nitrogens is 2. The summed E-state index contributed by atoms with van der Waals surface area (Å²) in [6.45, 7) is 2.51. The number of nitrogens with one attached hydrogen (secondary N) is 1. The quantitative estimate of drug-likeness (QED) is 0.871. The molecule has 0 unspecified atom stereocenters. The maximum Gasteiger partial charge on any atom is 0.224 e. The van der Waals surface area contributed by atoms with E-state index < -0.39 is 0 Å². The lowest BCUT2D eigenvalue weighted by atomic mass is 10.1. The van der Waals surface area contributed by atoms with E-state index in [0.717, 1.165) is 17.5 Å². The summed E-state index contributed by atoms with van der Waals surface area (Å²) in [4.78, 5) is 7.76. The van der Waals surface area contributed by atoms with Crippen LogP contribution in [0, 0.1) is 12.7 Å². The van der Waals surface area contributed by atoms with E-state index in [1.54, 1.807) is 6.07 Å². The summed E-state index contributed by atoms with van der Waals surface area (Å²) in [5, 5.41) is 3.64. The summed E-state index contributed by atoms with van der Waals surface area (Å²) in [7, 11) is 0. The van der Waals surface area contributed by atoms with Crippen LogP contribution in [0.2, 0.25) is 10.3 Å². The highest BCUT2D eigenvalue weighted by molar-refractivity contribution is 6.33. The lowest BCUT2D eigenvalue weighted by Crippen LogP contribution is -2.08. The van der Waals surface area contributed by atoms with Crippen molar-refractivity contribution in [2.75, 3.05) is 11.9 Å². The van der Waals surface area contributed by atoms with Gasteiger partial charge in [-0.05, 0) is 48.2 Å². The molecule has 0 spiro atoms. The van der Waals surface area contributed by atoms with Gasteiger partial charge >= 0.3 is 0 Å². The molecule has 0 aliphatic carbocycles. The first-order chi connectivity index (χ1) is 9.06. The van der Waals surface area contributed by atoms with Crippen molar-refractivity contribution in [2.24, 2.45) is 0 Å². The van der Waals surface area contributed by atoms with Gasteiger partial charge in [0, 0.05) is 6.54 Å². The van der Waals surface area contributed by atoms with Crippen LogP contribution in [0.25, 0.3) is 0 Å². The minimum atomic E-state index is -0.222. The zero-order valence-corrected chi connectivity index (χ0v) is 11.8. The van der Waals surface area contributed by atoms with Gasteiger partial charge in [0.05, 0.1) is 6.20 Å². The normalized spacial score (nSPS) is 10.5. The third kappa shape index (κ3) is 3.78. The molecular formula is C13H12Cl2FN3. The summed E-state index contributed by atoms with van der Waals surface area (Å²) in [5.74, 6) is 0.279. The Bertz CT molecular complexity index is 590. The Morgan fingerprint density at radius 1 is 1.32 bits per heavy atom. The van der Waals surface area contributed by atoms with Crippen LogP contribution in [-0.4, -0.2) is 16.5 Å². The Balaban J connectivity index is 1.98. The van der Waals surface area contributed by atoms with E-state index in [9.17, 15) is 4.39 Å². The maximum atomic E-state index is 13.0. The third-order valence-electron chi connectivity index (χ3n) is 2.71. The van der Waals surface area contributed by atoms with Crippen LogP contribution in [0.1, 0.15) is 11.1 Å². The number of benzene rings is 1. The number of nitrogens with zero attached hydrogens (tertiary/aromatic N) is 2. The van der Waals surface area contributed by atoms with Crippen LogP contribution >= 0.6 is 23.2 Å². The fourth-order valence-corrected chi connectivity index (χ4v) is 2.02. The summed E-state index contributed by atoms with van der Waals surface area (Å²) in [6, 6.07) is 4.75. The Morgan fingerprint density at radius 3 is 2.84 bits per heavy atom. The van der Waals surface area contributed by atoms with Gasteiger partial charge in [-0.3, -0.25) is 0 Å². The Hall–Kier alpha value is -1.39. The molecule has 0 fully saturated rings. The molecule has 0 atom stereocenters. The van der Waals surface area contributed by atoms with Crippen LogP contribution in [0.5, 0.6) is 0 Å². The molecule has 0 amide bonds. The van der Waals surface area contributed by atoms with E-state index in [4.69, 9.17) is 23.2 Å². The zero-order chi connectivity index (χ0) is 13.8. The molecule has 0 saturated carbocycles. The molecule has 0 aliphatic heterocycles. The van der Waals surface area contributed by atoms with Crippen molar-refractivity contribution in [3.63, 3.8) is 0 Å². The average molecular weight is 300 g/mol. The summed E-state index contributed by atoms with van der Waals surface area (Å²) in [6.07, 6.45) is 2.19. The molecule has 0 aliphatic rings. The predicted molar refractivity (Wildman–Crippen MR) is 75.4 cm³/mol. The Morgan fingerprint density at radius 2 is 2.11 bits per heavy atom. The molecule has 6 heteroatoms. The van der Waals surface area contributed by atoms with Gasteiger partial charge in [-0.25, -0.2) is 9.37 Å². The lowest BCUT2D eigenvalue weighted by Gasteiger charge is -2.09. The topological polar surface area (TPSA) is 37.8 Å². The third-order valence-corrected chi connectivity index (χ3v) is 3.16. The second kappa shape index (κ2) is 6.17. The summed E-state index contributed by atoms with van der Waals surface area (Å²) >= 11 is 11.6. The van der Waals surface area contributed by atoms with Crippen LogP contribution < -0.4 is 5.32 Å². The van der Waals surface area contributed by atoms with Gasteiger partial charge in [0.15, 0.2) is 0 Å². The van der Waals surface area contributed by atoms with Gasteiger partial charge in [0.25, 0.3) is 0 Å². The summed E-state index contributed by atoms with van der Waals surface area (Å²) in [5.41, 5.74) is 2.00. The monoisotopic (exact) mass is 299 g/mol. The van der Waals surface area contributed by atoms with Crippen LogP contribution in [0.4, 0.5) is 10.2 Å². The highest BCUT2D eigenvalue weighted by Crippen LogP contribution is 2.19. The highest BCUT2D eigenvalue weighted by atomic mass is 35.5. The molecule has 1 N–H and O–H groups in total. The standard InChI is InChI=1S/C13H12Cl2FN3/c1-8-6-10(16)3-2-9(8)4-5-17-12-11(14)7-18-13(15)19-12/h2-3,6-7H,4-5H2,1H3,(H,17,18,19). The molecule has 1 aromatic heterocycles. The van der Waals surface area contributed by atoms with Crippen LogP contribution in [-0.2, 0) is 6.42 Å². The van der Waals surface area contributed by atoms with Crippen molar-refractivity contribution in [3.8, 4) is 0 Å². The molecule has 0 saturated heterocycles. The molecule has 3 nitrogen and oxygen atoms in total. The minimum absolute atomic E-state index is 0.143. The van der Waals surface area contributed by atoms with E-state index >= 15 is 0 Å². The van der Waals surface area contributed by atoms with Crippen LogP contribution in [0.3, 0.4) is 0 Å². The minimum Gasteiger partial charge on any atom is -0.368 e. The molecule has 1 aromatic carbocycles. The van der Waals surface area contributed by atoms with Crippen LogP contribution in [0.15, 0.2) is 24.4 Å². The summed E-state index contributed by atoms with van der Waals surface area (Å²) < 4.78 is 13.0. The molecular weight excluding hydrogens is 288 g/mol. The fraction of sp³-hybridized carbons (Fsp3) is 0.231. The first-order valence-corrected chi connectivity index (χ1v) is 6.49. The Labute approximate surface area is 120 Å². The largest absolute Gasteiger partial charge is 0.368 e. The second-order valence-electron chi connectivity index (χ2n) is 4.08. The van der Waals surface area contributed by atoms with Gasteiger partial charge in [-0.1, -0.05) is 17.7 Å². The lowest BCUT2D eigenvalue weighted by molar-refractivity contribution is 0.625. The number of halogens is 3. The van der Waals surface area contributed by atoms with E-state index in [1.165, 1.54) is 18.3 Å². The smallest absolute Gasteiger partial charge is 0.224 e. The van der Waals surface area contributed by atoms with Gasteiger partial charge in [0.2, 0.25) is 5.28 Å². The average Bonchev–Trinajstić information content (AvgIpc) is 2.36. The van der Waals surface area contributed by atoms with Crippen molar-refractivity contribution in [3.05, 3.63) is 51.6 Å². The number of hydrogen-bond acceptors (Lipinski definition) is 3. The van der Waals surface area contributed by atoms with Gasteiger partial charge < -0.3 is 5.32 Å². The number of hydrogen-bond donors (Lipinski definition) is 1. The SMILES string of the molecule is Cc1cc(F)ccc1CCNc1nc(Cl)ncc1Cl. The number of rotatable bonds is 4. The van der Waals surface area contributed by atoms with Gasteiger partial charge in [-0.2, -0.15) is 4.98 Å². The van der Waals surface area contributed by atoms with Gasteiger partial charge in [0.1, 0.15) is 16.7 Å². The Kier molecular flexibility index (Phi) is 4.56. The fourth-order valence-electron chi connectivity index (χ4n) is 1.72. The first-order valence-electron chi connectivity index (χ1n) is 5.73. The number of aryl methyl sites for hydroxylation is 1. The van der Waals surface area contributed by atoms with Gasteiger partial charge in [-0.15, -0.1) is 0 Å². The first kappa shape index (κ1) is 14.0. The molecule has 0 bridgehead atoms. The second-order valence-corrected chi connectivity index (χ2v) is 4.83. The predicted octanol–water partition coefficient (Wildman–Crippen LogP) is 3.89. The van der Waals surface area contributed by atoms with E-state index in [-0.39, 0.29) is 11.1 Å². The van der Waals surface area contributed by atoms with E-state index in [2.05, 4.69) is 15.3 Å². The highest BCUT2D eigenvalue weighted by Gasteiger charge is 2.04. The number of anilines is 1. The van der Waals surface area contributed by atoms with E-state index in [1.807, 2.05) is 6.92 Å². The van der Waals surface area contributed by atoms with E-state index in [0.29, 0.717) is 17.4 Å². The van der Waals surface area contributed by atoms with Crippen molar-refractivity contribution in [1.29, 1.82) is 0 Å². The van der Waals surface area contributed by atoms with Crippen molar-refractivity contribution in [1.82, 2.24) is 9.97 Å². The van der Waals surface area contributed by atoms with Crippen molar-refractivity contribution in [2.45, 2.75) is 13.3 Å². The molecule has 1 heterocycles. The zero-order valence-electron chi connectivity index (χ0n) is 10.3. The molecule has 100 valence electrons. The molecule has 2 aromatic rings. The maximum absolute atomic E-state index is 13.0. The molecule has 19 heavy (non-hydrogen) atoms. The van der Waals surface area contributed by atoms with Crippen molar-refractivity contribution < 1.29 is 4.39 Å². The molecule has 0 radical (unpaired) electrons. The van der Waals surface area contributed by atoms with Crippen molar-refractivity contribution >= 4 is 29.0 Å².